The minimum absolute atomic E-state index is 0.0371. The number of aromatic nitrogens is 1. The van der Waals surface area contributed by atoms with Crippen molar-refractivity contribution in [2.45, 2.75) is 31.0 Å². The molecule has 2 heterocycles. The van der Waals surface area contributed by atoms with Gasteiger partial charge in [0.1, 0.15) is 12.0 Å². The number of aryl methyl sites for hydroxylation is 1. The molecule has 3 rings (SSSR count). The van der Waals surface area contributed by atoms with Gasteiger partial charge in [-0.2, -0.15) is 4.31 Å². The van der Waals surface area contributed by atoms with Crippen LogP contribution in [0.2, 0.25) is 0 Å². The second-order valence-electron chi connectivity index (χ2n) is 6.96. The lowest BCUT2D eigenvalue weighted by Crippen LogP contribution is -2.53. The quantitative estimate of drug-likeness (QED) is 0.626. The van der Waals surface area contributed by atoms with Gasteiger partial charge in [-0.25, -0.2) is 12.8 Å². The van der Waals surface area contributed by atoms with Gasteiger partial charge in [-0.1, -0.05) is 6.07 Å². The Bertz CT molecular complexity index is 1050. The first-order chi connectivity index (χ1) is 14.8. The predicted octanol–water partition coefficient (Wildman–Crippen LogP) is 0.699. The van der Waals surface area contributed by atoms with Gasteiger partial charge in [0.15, 0.2) is 0 Å². The van der Waals surface area contributed by atoms with Crippen LogP contribution in [-0.2, 0) is 30.9 Å². The summed E-state index contributed by atoms with van der Waals surface area (Å²) in [6, 6.07) is 6.88. The normalized spacial score (nSPS) is 17.2. The Hall–Kier alpha value is -2.89. The molecule has 0 spiro atoms. The third-order valence-electron chi connectivity index (χ3n) is 4.70. The highest BCUT2D eigenvalue weighted by Gasteiger charge is 2.35. The molecule has 166 valence electrons. The van der Waals surface area contributed by atoms with E-state index in [1.54, 1.807) is 24.5 Å². The molecular formula is C20H23FN4O5S. The van der Waals surface area contributed by atoms with E-state index in [1.165, 1.54) is 13.0 Å². The van der Waals surface area contributed by atoms with Crippen LogP contribution in [0.5, 0.6) is 0 Å². The summed E-state index contributed by atoms with van der Waals surface area (Å²) < 4.78 is 46.2. The first-order valence-corrected chi connectivity index (χ1v) is 11.1. The van der Waals surface area contributed by atoms with Gasteiger partial charge in [-0.15, -0.1) is 0 Å². The Morgan fingerprint density at radius 1 is 1.26 bits per heavy atom. The summed E-state index contributed by atoms with van der Waals surface area (Å²) in [6.07, 6.45) is 2.64. The van der Waals surface area contributed by atoms with Gasteiger partial charge >= 0.3 is 11.8 Å². The zero-order valence-electron chi connectivity index (χ0n) is 16.9. The molecule has 1 fully saturated rings. The SMILES string of the molecule is Cc1cc(F)ccc1S(=O)(=O)N1CCCO[C@@H]1CNC(=O)C(=O)NCc1cccnc1. The first kappa shape index (κ1) is 22.8. The molecule has 1 atom stereocenters. The van der Waals surface area contributed by atoms with Gasteiger partial charge in [-0.05, 0) is 48.7 Å². The number of hydrogen-bond acceptors (Lipinski definition) is 6. The third kappa shape index (κ3) is 5.63. The minimum atomic E-state index is -3.99. The molecule has 9 nitrogen and oxygen atoms in total. The number of rotatable bonds is 6. The van der Waals surface area contributed by atoms with Crippen LogP contribution in [-0.4, -0.2) is 55.4 Å². The van der Waals surface area contributed by atoms with E-state index in [1.807, 2.05) is 0 Å². The molecule has 1 aliphatic heterocycles. The van der Waals surface area contributed by atoms with Crippen molar-refractivity contribution in [1.82, 2.24) is 19.9 Å². The highest BCUT2D eigenvalue weighted by atomic mass is 32.2. The second kappa shape index (κ2) is 9.94. The molecular weight excluding hydrogens is 427 g/mol. The van der Waals surface area contributed by atoms with E-state index in [4.69, 9.17) is 4.74 Å². The van der Waals surface area contributed by atoms with E-state index in [0.717, 1.165) is 22.0 Å². The number of benzene rings is 1. The molecule has 0 saturated carbocycles. The highest BCUT2D eigenvalue weighted by Crippen LogP contribution is 2.25. The van der Waals surface area contributed by atoms with Crippen LogP contribution in [0.1, 0.15) is 17.5 Å². The number of hydrogen-bond donors (Lipinski definition) is 2. The van der Waals surface area contributed by atoms with Crippen molar-refractivity contribution >= 4 is 21.8 Å². The summed E-state index contributed by atoms with van der Waals surface area (Å²) in [4.78, 5) is 28.0. The Balaban J connectivity index is 1.62. The van der Waals surface area contributed by atoms with E-state index in [-0.39, 0.29) is 30.1 Å². The molecule has 31 heavy (non-hydrogen) atoms. The van der Waals surface area contributed by atoms with Crippen molar-refractivity contribution < 1.29 is 27.1 Å². The highest BCUT2D eigenvalue weighted by molar-refractivity contribution is 7.89. The van der Waals surface area contributed by atoms with Crippen LogP contribution in [0.3, 0.4) is 0 Å². The molecule has 0 aliphatic carbocycles. The number of carbonyl (C=O) groups is 2. The molecule has 2 N–H and O–H groups in total. The Morgan fingerprint density at radius 2 is 2.03 bits per heavy atom. The van der Waals surface area contributed by atoms with Crippen LogP contribution in [0.4, 0.5) is 4.39 Å². The second-order valence-corrected chi connectivity index (χ2v) is 8.82. The van der Waals surface area contributed by atoms with Crippen LogP contribution in [0.25, 0.3) is 0 Å². The molecule has 2 amide bonds. The summed E-state index contributed by atoms with van der Waals surface area (Å²) in [7, 11) is -3.99. The van der Waals surface area contributed by atoms with Crippen molar-refractivity contribution in [3.8, 4) is 0 Å². The predicted molar refractivity (Wildman–Crippen MR) is 108 cm³/mol. The van der Waals surface area contributed by atoms with E-state index >= 15 is 0 Å². The van der Waals surface area contributed by atoms with Gasteiger partial charge in [0, 0.05) is 25.5 Å². The molecule has 0 bridgehead atoms. The molecule has 1 aromatic carbocycles. The average molecular weight is 450 g/mol. The van der Waals surface area contributed by atoms with Crippen molar-refractivity contribution in [3.05, 3.63) is 59.7 Å². The summed E-state index contributed by atoms with van der Waals surface area (Å²) in [5, 5.41) is 4.88. The lowest BCUT2D eigenvalue weighted by molar-refractivity contribution is -0.140. The lowest BCUT2D eigenvalue weighted by Gasteiger charge is -2.34. The summed E-state index contributed by atoms with van der Waals surface area (Å²) in [6.45, 7) is 1.90. The number of nitrogens with zero attached hydrogens (tertiary/aromatic N) is 2. The third-order valence-corrected chi connectivity index (χ3v) is 6.75. The van der Waals surface area contributed by atoms with Gasteiger partial charge in [0.2, 0.25) is 10.0 Å². The minimum Gasteiger partial charge on any atom is -0.360 e. The summed E-state index contributed by atoms with van der Waals surface area (Å²) >= 11 is 0. The lowest BCUT2D eigenvalue weighted by atomic mass is 10.2. The molecule has 1 aromatic heterocycles. The average Bonchev–Trinajstić information content (AvgIpc) is 2.76. The first-order valence-electron chi connectivity index (χ1n) is 9.63. The number of carbonyl (C=O) groups excluding carboxylic acids is 2. The summed E-state index contributed by atoms with van der Waals surface area (Å²) in [5.41, 5.74) is 0.995. The van der Waals surface area contributed by atoms with E-state index in [9.17, 15) is 22.4 Å². The zero-order valence-corrected chi connectivity index (χ0v) is 17.7. The molecule has 0 unspecified atom stereocenters. The maximum absolute atomic E-state index is 13.4. The zero-order chi connectivity index (χ0) is 22.4. The van der Waals surface area contributed by atoms with E-state index in [0.29, 0.717) is 13.0 Å². The number of sulfonamides is 1. The maximum atomic E-state index is 13.4. The number of amides is 2. The Kier molecular flexibility index (Phi) is 7.31. The van der Waals surface area contributed by atoms with E-state index in [2.05, 4.69) is 15.6 Å². The monoisotopic (exact) mass is 450 g/mol. The van der Waals surface area contributed by atoms with Gasteiger partial charge < -0.3 is 15.4 Å². The van der Waals surface area contributed by atoms with Crippen LogP contribution >= 0.6 is 0 Å². The van der Waals surface area contributed by atoms with Crippen molar-refractivity contribution in [3.63, 3.8) is 0 Å². The van der Waals surface area contributed by atoms with Crippen LogP contribution in [0.15, 0.2) is 47.6 Å². The fourth-order valence-electron chi connectivity index (χ4n) is 3.16. The van der Waals surface area contributed by atoms with Crippen molar-refractivity contribution in [2.24, 2.45) is 0 Å². The van der Waals surface area contributed by atoms with Crippen LogP contribution in [0, 0.1) is 12.7 Å². The van der Waals surface area contributed by atoms with Crippen molar-refractivity contribution in [2.75, 3.05) is 19.7 Å². The van der Waals surface area contributed by atoms with E-state index < -0.39 is 33.9 Å². The largest absolute Gasteiger partial charge is 0.360 e. The Morgan fingerprint density at radius 3 is 2.74 bits per heavy atom. The molecule has 11 heteroatoms. The molecule has 1 saturated heterocycles. The summed E-state index contributed by atoms with van der Waals surface area (Å²) in [5.74, 6) is -2.30. The molecule has 0 radical (unpaired) electrons. The maximum Gasteiger partial charge on any atom is 0.309 e. The molecule has 2 aromatic rings. The smallest absolute Gasteiger partial charge is 0.309 e. The number of nitrogens with one attached hydrogen (secondary N) is 2. The van der Waals surface area contributed by atoms with Gasteiger partial charge in [0.05, 0.1) is 18.0 Å². The van der Waals surface area contributed by atoms with Gasteiger partial charge in [-0.3, -0.25) is 14.6 Å². The standard InChI is InChI=1S/C20H23FN4O5S/c1-14-10-16(21)5-6-17(14)31(28,29)25-8-3-9-30-18(25)13-24-20(27)19(26)23-12-15-4-2-7-22-11-15/h2,4-7,10-11,18H,3,8-9,12-13H2,1H3,(H,23,26)(H,24,27)/t18-/m1/s1. The number of pyridine rings is 1. The number of ether oxygens (including phenoxy) is 1. The fraction of sp³-hybridized carbons (Fsp3) is 0.350. The number of halogens is 1. The Labute approximate surface area is 179 Å². The fourth-order valence-corrected chi connectivity index (χ4v) is 4.93. The van der Waals surface area contributed by atoms with Crippen molar-refractivity contribution in [1.29, 1.82) is 0 Å². The molecule has 1 aliphatic rings. The topological polar surface area (TPSA) is 118 Å². The van der Waals surface area contributed by atoms with Crippen LogP contribution < -0.4 is 10.6 Å². The van der Waals surface area contributed by atoms with Gasteiger partial charge in [0.25, 0.3) is 0 Å².